The van der Waals surface area contributed by atoms with Gasteiger partial charge in [-0.05, 0) is 18.6 Å². The van der Waals surface area contributed by atoms with Gasteiger partial charge in [-0.2, -0.15) is 0 Å². The van der Waals surface area contributed by atoms with Crippen LogP contribution in [0.4, 0.5) is 33.7 Å². The molecule has 0 radical (unpaired) electrons. The summed E-state index contributed by atoms with van der Waals surface area (Å²) in [5, 5.41) is 0. The zero-order chi connectivity index (χ0) is 26.7. The lowest BCUT2D eigenvalue weighted by Gasteiger charge is -2.24. The number of nitrogens with zero attached hydrogens (tertiary/aromatic N) is 4. The van der Waals surface area contributed by atoms with Crippen LogP contribution in [0.25, 0.3) is 0 Å². The van der Waals surface area contributed by atoms with E-state index in [1.165, 1.54) is 23.2 Å². The van der Waals surface area contributed by atoms with E-state index in [0.29, 0.717) is 0 Å². The Morgan fingerprint density at radius 1 is 1.16 bits per heavy atom. The molecule has 0 bridgehead atoms. The van der Waals surface area contributed by atoms with E-state index in [9.17, 15) is 26.8 Å². The Balaban J connectivity index is 1.45. The van der Waals surface area contributed by atoms with Crippen molar-refractivity contribution in [3.63, 3.8) is 0 Å². The fourth-order valence-corrected chi connectivity index (χ4v) is 5.18. The van der Waals surface area contributed by atoms with Gasteiger partial charge in [0.1, 0.15) is 16.7 Å². The lowest BCUT2D eigenvalue weighted by Crippen LogP contribution is -2.35. The summed E-state index contributed by atoms with van der Waals surface area (Å²) in [6.45, 7) is -0.712. The number of hydrogen-bond donors (Lipinski definition) is 0. The van der Waals surface area contributed by atoms with E-state index in [-0.39, 0.29) is 49.8 Å². The van der Waals surface area contributed by atoms with Crippen LogP contribution in [0, 0.1) is 11.6 Å². The number of amides is 1. The number of carbonyl (C=O) groups is 2. The van der Waals surface area contributed by atoms with Gasteiger partial charge < -0.3 is 9.64 Å². The molecule has 2 aromatic rings. The summed E-state index contributed by atoms with van der Waals surface area (Å²) in [6.07, 6.45) is -3.04. The van der Waals surface area contributed by atoms with Gasteiger partial charge in [-0.3, -0.25) is 19.5 Å². The average Bonchev–Trinajstić information content (AvgIpc) is 3.06. The number of halogens is 4. The second-order valence-corrected chi connectivity index (χ2v) is 10.0. The van der Waals surface area contributed by atoms with E-state index in [2.05, 4.69) is 4.98 Å². The molecule has 200 valence electrons. The third-order valence-corrected chi connectivity index (χ3v) is 7.47. The summed E-state index contributed by atoms with van der Waals surface area (Å²) >= 11 is 0. The Bertz CT molecular complexity index is 1240. The summed E-state index contributed by atoms with van der Waals surface area (Å²) < 4.78 is 86.2. The SMILES string of the molecule is O=C(CC[C@H]1CN(c2cc(F)c(N3CCON(S(=O)(=O)c4cccnc4)CC3)c(F)c2)C(=O)O1)C(F)F. The van der Waals surface area contributed by atoms with Crippen LogP contribution in [0.15, 0.2) is 41.6 Å². The van der Waals surface area contributed by atoms with Crippen LogP contribution >= 0.6 is 0 Å². The molecule has 1 aromatic heterocycles. The second-order valence-electron chi connectivity index (χ2n) is 8.22. The monoisotopic (exact) mass is 546 g/mol. The highest BCUT2D eigenvalue weighted by atomic mass is 32.2. The van der Waals surface area contributed by atoms with E-state index < -0.39 is 58.2 Å². The first-order valence-electron chi connectivity index (χ1n) is 11.2. The van der Waals surface area contributed by atoms with Crippen LogP contribution in [0.1, 0.15) is 12.8 Å². The number of hydroxylamine groups is 1. The van der Waals surface area contributed by atoms with Crippen molar-refractivity contribution >= 4 is 33.3 Å². The van der Waals surface area contributed by atoms with Crippen molar-refractivity contribution in [2.24, 2.45) is 0 Å². The molecule has 0 aliphatic carbocycles. The van der Waals surface area contributed by atoms with Crippen LogP contribution in [-0.4, -0.2) is 75.1 Å². The van der Waals surface area contributed by atoms with Crippen LogP contribution in [0.2, 0.25) is 0 Å². The van der Waals surface area contributed by atoms with Gasteiger partial charge in [0.05, 0.1) is 25.4 Å². The van der Waals surface area contributed by atoms with Gasteiger partial charge in [0.25, 0.3) is 16.4 Å². The number of benzene rings is 1. The van der Waals surface area contributed by atoms with Gasteiger partial charge in [-0.1, -0.05) is 4.47 Å². The number of ether oxygens (including phenoxy) is 1. The molecule has 0 spiro atoms. The van der Waals surface area contributed by atoms with Crippen LogP contribution in [0.5, 0.6) is 0 Å². The molecule has 37 heavy (non-hydrogen) atoms. The zero-order valence-corrected chi connectivity index (χ0v) is 20.0. The van der Waals surface area contributed by atoms with E-state index in [0.717, 1.165) is 27.7 Å². The summed E-state index contributed by atoms with van der Waals surface area (Å²) in [4.78, 5) is 34.6. The number of hydrogen-bond acceptors (Lipinski definition) is 8. The zero-order valence-electron chi connectivity index (χ0n) is 19.2. The third kappa shape index (κ3) is 5.83. The Kier molecular flexibility index (Phi) is 7.94. The Labute approximate surface area is 209 Å². The Morgan fingerprint density at radius 2 is 1.89 bits per heavy atom. The topological polar surface area (TPSA) is 109 Å². The molecule has 2 saturated heterocycles. The second kappa shape index (κ2) is 11.0. The smallest absolute Gasteiger partial charge is 0.414 e. The van der Waals surface area contributed by atoms with Gasteiger partial charge in [-0.25, -0.2) is 30.8 Å². The number of alkyl halides is 2. The number of rotatable bonds is 8. The largest absolute Gasteiger partial charge is 0.444 e. The molecule has 10 nitrogen and oxygen atoms in total. The number of sulfonamides is 1. The summed E-state index contributed by atoms with van der Waals surface area (Å²) in [5.74, 6) is -3.31. The predicted octanol–water partition coefficient (Wildman–Crippen LogP) is 2.74. The minimum Gasteiger partial charge on any atom is -0.444 e. The molecule has 0 N–H and O–H groups in total. The van der Waals surface area contributed by atoms with Gasteiger partial charge in [0, 0.05) is 44.0 Å². The van der Waals surface area contributed by atoms with Gasteiger partial charge >= 0.3 is 6.09 Å². The van der Waals surface area contributed by atoms with E-state index >= 15 is 8.78 Å². The van der Waals surface area contributed by atoms with E-state index in [1.807, 2.05) is 0 Å². The highest BCUT2D eigenvalue weighted by molar-refractivity contribution is 7.89. The Morgan fingerprint density at radius 3 is 2.54 bits per heavy atom. The maximum atomic E-state index is 15.1. The van der Waals surface area contributed by atoms with Gasteiger partial charge in [0.15, 0.2) is 17.4 Å². The van der Waals surface area contributed by atoms with Crippen molar-refractivity contribution in [3.05, 3.63) is 48.3 Å². The minimum absolute atomic E-state index is 0.0295. The van der Waals surface area contributed by atoms with E-state index in [4.69, 9.17) is 9.57 Å². The lowest BCUT2D eigenvalue weighted by atomic mass is 10.1. The standard InChI is InChI=1S/C22H22F4N4O6S/c23-17-10-14(29-13-15(36-22(29)32)3-4-19(31)21(25)26)11-18(24)20(17)28-6-7-30(35-9-8-28)37(33,34)16-2-1-5-27-12-16/h1-2,5,10-12,15,21H,3-4,6-9,13H2/t15-/m0/s1. The number of carbonyl (C=O) groups excluding carboxylic acids is 2. The molecule has 1 atom stereocenters. The quantitative estimate of drug-likeness (QED) is 0.465. The maximum Gasteiger partial charge on any atom is 0.414 e. The third-order valence-electron chi connectivity index (χ3n) is 5.81. The normalized spacial score (nSPS) is 19.3. The number of Topliss-reactive ketones (excluding diaryl/α,β-unsaturated/α-hetero) is 1. The molecule has 15 heteroatoms. The molecule has 0 saturated carbocycles. The van der Waals surface area contributed by atoms with Crippen molar-refractivity contribution in [1.29, 1.82) is 0 Å². The van der Waals surface area contributed by atoms with Crippen LogP contribution < -0.4 is 9.80 Å². The number of ketones is 1. The number of aromatic nitrogens is 1. The molecular formula is C22H22F4N4O6S. The van der Waals surface area contributed by atoms with Gasteiger partial charge in [-0.15, -0.1) is 0 Å². The molecule has 2 aliphatic heterocycles. The molecule has 3 heterocycles. The number of pyridine rings is 1. The molecule has 2 aliphatic rings. The molecule has 4 rings (SSSR count). The summed E-state index contributed by atoms with van der Waals surface area (Å²) in [7, 11) is -4.04. The molecule has 1 aromatic carbocycles. The Hall–Kier alpha value is -3.30. The number of cyclic esters (lactones) is 1. The first-order chi connectivity index (χ1) is 17.6. The average molecular weight is 546 g/mol. The highest BCUT2D eigenvalue weighted by Crippen LogP contribution is 2.32. The molecule has 2 fully saturated rings. The van der Waals surface area contributed by atoms with Crippen LogP contribution in [0.3, 0.4) is 0 Å². The summed E-state index contributed by atoms with van der Waals surface area (Å²) in [5.41, 5.74) is -0.585. The first kappa shape index (κ1) is 26.8. The molecule has 0 unspecified atom stereocenters. The highest BCUT2D eigenvalue weighted by Gasteiger charge is 2.35. The first-order valence-corrected chi connectivity index (χ1v) is 12.6. The lowest BCUT2D eigenvalue weighted by molar-refractivity contribution is -0.129. The van der Waals surface area contributed by atoms with Crippen LogP contribution in [-0.2, 0) is 24.4 Å². The van der Waals surface area contributed by atoms with Crippen molar-refractivity contribution in [3.8, 4) is 0 Å². The maximum absolute atomic E-state index is 15.1. The number of anilines is 2. The van der Waals surface area contributed by atoms with Gasteiger partial charge in [0.2, 0.25) is 0 Å². The molecule has 1 amide bonds. The summed E-state index contributed by atoms with van der Waals surface area (Å²) in [6, 6.07) is 4.63. The van der Waals surface area contributed by atoms with Crippen molar-refractivity contribution in [2.45, 2.75) is 30.3 Å². The fourth-order valence-electron chi connectivity index (χ4n) is 3.97. The fraction of sp³-hybridized carbons (Fsp3) is 0.409. The minimum atomic E-state index is -4.04. The predicted molar refractivity (Wildman–Crippen MR) is 121 cm³/mol. The van der Waals surface area contributed by atoms with Crippen molar-refractivity contribution in [1.82, 2.24) is 9.45 Å². The van der Waals surface area contributed by atoms with E-state index in [1.54, 1.807) is 0 Å². The van der Waals surface area contributed by atoms with Crippen molar-refractivity contribution < 1.29 is 45.1 Å². The molecular weight excluding hydrogens is 524 g/mol. The van der Waals surface area contributed by atoms with Crippen molar-refractivity contribution in [2.75, 3.05) is 42.6 Å².